The van der Waals surface area contributed by atoms with Gasteiger partial charge in [0.25, 0.3) is 5.91 Å². The third-order valence-electron chi connectivity index (χ3n) is 8.50. The molecule has 218 valence electrons. The van der Waals surface area contributed by atoms with E-state index in [1.54, 1.807) is 36.9 Å². The number of Topliss-reactive ketones (excluding diaryl/α,β-unsaturated/α-hetero) is 1. The molecule has 5 atom stereocenters. The molecule has 0 aromatic heterocycles. The zero-order chi connectivity index (χ0) is 28.9. The number of aromatic hydroxyl groups is 1. The quantitative estimate of drug-likeness (QED) is 0.313. The Bertz CT molecular complexity index is 1150. The van der Waals surface area contributed by atoms with Gasteiger partial charge in [-0.3, -0.25) is 14.5 Å². The maximum Gasteiger partial charge on any atom is 0.252 e. The molecule has 6 nitrogen and oxygen atoms in total. The number of likely N-dealkylation sites (tertiary alicyclic amines) is 1. The first kappa shape index (κ1) is 30.6. The fraction of sp³-hybridized carbons (Fsp3) is 0.576. The molecule has 1 aliphatic carbocycles. The lowest BCUT2D eigenvalue weighted by Gasteiger charge is -2.47. The molecule has 40 heavy (non-hydrogen) atoms. The summed E-state index contributed by atoms with van der Waals surface area (Å²) in [6.45, 7) is 9.18. The average molecular weight is 567 g/mol. The van der Waals surface area contributed by atoms with Crippen molar-refractivity contribution in [2.45, 2.75) is 89.3 Å². The normalized spacial score (nSPS) is 23.2. The second-order valence-electron chi connectivity index (χ2n) is 12.9. The van der Waals surface area contributed by atoms with Crippen molar-refractivity contribution in [3.05, 3.63) is 59.7 Å². The van der Waals surface area contributed by atoms with Crippen molar-refractivity contribution in [2.75, 3.05) is 18.8 Å². The number of hydrogen-bond donors (Lipinski definition) is 3. The fourth-order valence-corrected chi connectivity index (χ4v) is 7.34. The number of β-amino-alcohol motifs (C(OH)–C–C–N with tert-alkyl or cyclic N) is 1. The minimum Gasteiger partial charge on any atom is -0.508 e. The van der Waals surface area contributed by atoms with Gasteiger partial charge < -0.3 is 15.5 Å². The third-order valence-corrected chi connectivity index (χ3v) is 9.63. The van der Waals surface area contributed by atoms with Gasteiger partial charge in [-0.15, -0.1) is 11.8 Å². The predicted molar refractivity (Wildman–Crippen MR) is 162 cm³/mol. The van der Waals surface area contributed by atoms with Crippen molar-refractivity contribution >= 4 is 23.5 Å². The second kappa shape index (κ2) is 13.5. The van der Waals surface area contributed by atoms with E-state index in [9.17, 15) is 19.8 Å². The molecule has 2 fully saturated rings. The number of thioether (sulfide) groups is 1. The van der Waals surface area contributed by atoms with Gasteiger partial charge in [-0.2, -0.15) is 0 Å². The highest BCUT2D eigenvalue weighted by molar-refractivity contribution is 7.99. The monoisotopic (exact) mass is 566 g/mol. The van der Waals surface area contributed by atoms with Crippen LogP contribution in [-0.2, 0) is 4.79 Å². The first-order chi connectivity index (χ1) is 19.0. The van der Waals surface area contributed by atoms with Crippen molar-refractivity contribution < 1.29 is 19.8 Å². The van der Waals surface area contributed by atoms with E-state index in [-0.39, 0.29) is 28.9 Å². The lowest BCUT2D eigenvalue weighted by molar-refractivity contribution is -0.130. The molecule has 4 rings (SSSR count). The smallest absolute Gasteiger partial charge is 0.252 e. The van der Waals surface area contributed by atoms with Crippen LogP contribution >= 0.6 is 11.8 Å². The maximum atomic E-state index is 13.6. The van der Waals surface area contributed by atoms with Crippen molar-refractivity contribution in [2.24, 2.45) is 17.3 Å². The van der Waals surface area contributed by atoms with E-state index in [2.05, 4.69) is 31.0 Å². The van der Waals surface area contributed by atoms with Crippen molar-refractivity contribution in [3.63, 3.8) is 0 Å². The molecule has 0 bridgehead atoms. The van der Waals surface area contributed by atoms with E-state index in [1.165, 1.54) is 25.7 Å². The van der Waals surface area contributed by atoms with Crippen LogP contribution in [-0.4, -0.2) is 63.8 Å². The van der Waals surface area contributed by atoms with E-state index in [1.807, 2.05) is 30.3 Å². The van der Waals surface area contributed by atoms with E-state index >= 15 is 0 Å². The Morgan fingerprint density at radius 2 is 1.75 bits per heavy atom. The van der Waals surface area contributed by atoms with Crippen LogP contribution in [0, 0.1) is 24.2 Å². The number of ketones is 1. The number of amides is 1. The Balaban J connectivity index is 1.54. The van der Waals surface area contributed by atoms with E-state index < -0.39 is 12.1 Å². The van der Waals surface area contributed by atoms with Crippen LogP contribution in [0.25, 0.3) is 0 Å². The number of rotatable bonds is 10. The van der Waals surface area contributed by atoms with Gasteiger partial charge in [0.05, 0.1) is 18.2 Å². The molecule has 1 aliphatic heterocycles. The summed E-state index contributed by atoms with van der Waals surface area (Å²) in [7, 11) is 0. The number of phenols is 1. The van der Waals surface area contributed by atoms with E-state index in [0.29, 0.717) is 41.7 Å². The Kier molecular flexibility index (Phi) is 10.4. The first-order valence-electron chi connectivity index (χ1n) is 14.7. The largest absolute Gasteiger partial charge is 0.508 e. The number of nitrogens with one attached hydrogen (secondary N) is 1. The number of nitrogens with zero attached hydrogens (tertiary/aromatic N) is 1. The first-order valence-corrected chi connectivity index (χ1v) is 15.7. The molecule has 1 heterocycles. The summed E-state index contributed by atoms with van der Waals surface area (Å²) < 4.78 is 0. The van der Waals surface area contributed by atoms with Gasteiger partial charge in [0.15, 0.2) is 0 Å². The number of hydrogen-bond acceptors (Lipinski definition) is 6. The number of carbonyl (C=O) groups excluding carboxylic acids is 2. The number of piperidine rings is 1. The van der Waals surface area contributed by atoms with Crippen LogP contribution in [0.5, 0.6) is 5.75 Å². The number of phenolic OH excluding ortho intramolecular Hbond substituents is 1. The molecule has 2 aliphatic rings. The third kappa shape index (κ3) is 8.11. The van der Waals surface area contributed by atoms with Crippen molar-refractivity contribution in [1.29, 1.82) is 0 Å². The summed E-state index contributed by atoms with van der Waals surface area (Å²) in [6, 6.07) is 14.1. The van der Waals surface area contributed by atoms with Gasteiger partial charge in [0.1, 0.15) is 11.5 Å². The van der Waals surface area contributed by atoms with E-state index in [4.69, 9.17) is 0 Å². The Labute approximate surface area is 243 Å². The van der Waals surface area contributed by atoms with Crippen molar-refractivity contribution in [1.82, 2.24) is 10.2 Å². The Morgan fingerprint density at radius 3 is 2.45 bits per heavy atom. The number of benzene rings is 2. The molecule has 1 amide bonds. The van der Waals surface area contributed by atoms with Crippen LogP contribution < -0.4 is 5.32 Å². The van der Waals surface area contributed by atoms with Gasteiger partial charge in [-0.1, -0.05) is 64.3 Å². The molecular weight excluding hydrogens is 520 g/mol. The highest BCUT2D eigenvalue weighted by Gasteiger charge is 2.41. The van der Waals surface area contributed by atoms with Crippen LogP contribution in [0.4, 0.5) is 0 Å². The molecule has 0 spiro atoms. The van der Waals surface area contributed by atoms with Crippen LogP contribution in [0.15, 0.2) is 53.4 Å². The number of carbonyl (C=O) groups is 2. The van der Waals surface area contributed by atoms with Gasteiger partial charge in [-0.05, 0) is 61.3 Å². The Morgan fingerprint density at radius 1 is 1.05 bits per heavy atom. The molecule has 2 aromatic carbocycles. The summed E-state index contributed by atoms with van der Waals surface area (Å²) in [5.41, 5.74) is 0.812. The molecule has 1 saturated carbocycles. The van der Waals surface area contributed by atoms with Gasteiger partial charge in [0, 0.05) is 41.3 Å². The van der Waals surface area contributed by atoms with Crippen molar-refractivity contribution in [3.8, 4) is 5.75 Å². The van der Waals surface area contributed by atoms with Gasteiger partial charge >= 0.3 is 0 Å². The molecule has 0 unspecified atom stereocenters. The van der Waals surface area contributed by atoms with Crippen LogP contribution in [0.2, 0.25) is 0 Å². The minimum absolute atomic E-state index is 0.0685. The number of aliphatic hydroxyl groups is 1. The lowest BCUT2D eigenvalue weighted by atomic mass is 9.71. The zero-order valence-electron chi connectivity index (χ0n) is 24.4. The highest BCUT2D eigenvalue weighted by atomic mass is 32.2. The Hall–Kier alpha value is -2.35. The summed E-state index contributed by atoms with van der Waals surface area (Å²) in [5.74, 6) is 1.62. The minimum atomic E-state index is -0.858. The molecule has 0 radical (unpaired) electrons. The second-order valence-corrected chi connectivity index (χ2v) is 14.0. The highest BCUT2D eigenvalue weighted by Crippen LogP contribution is 2.40. The van der Waals surface area contributed by atoms with Gasteiger partial charge in [0.2, 0.25) is 0 Å². The average Bonchev–Trinajstić information content (AvgIpc) is 2.91. The number of fused-ring (bicyclic) bond motifs is 1. The summed E-state index contributed by atoms with van der Waals surface area (Å²) in [5, 5.41) is 24.9. The SMILES string of the molecule is Cc1c(O)cccc1C(=O)N[C@@H](CSc1ccccc1)[C@H](O)CN1C[C@H]2CCCC[C@H]2C[C@H]1C(=O)CC(C)(C)C. The zero-order valence-corrected chi connectivity index (χ0v) is 25.3. The topological polar surface area (TPSA) is 89.9 Å². The molecule has 1 saturated heterocycles. The maximum absolute atomic E-state index is 13.6. The summed E-state index contributed by atoms with van der Waals surface area (Å²) in [6.07, 6.45) is 5.36. The van der Waals surface area contributed by atoms with E-state index in [0.717, 1.165) is 17.9 Å². The van der Waals surface area contributed by atoms with Gasteiger partial charge in [-0.25, -0.2) is 0 Å². The lowest BCUT2D eigenvalue weighted by Crippen LogP contribution is -2.57. The summed E-state index contributed by atoms with van der Waals surface area (Å²) in [4.78, 5) is 30.2. The molecule has 2 aromatic rings. The standard InChI is InChI=1S/C33H46N2O4S/c1-22-26(15-10-16-29(22)36)32(39)34-27(21-40-25-13-6-5-7-14-25)31(38)20-35-19-24-12-9-8-11-23(24)17-28(35)30(37)18-33(2,3)4/h5-7,10,13-16,23-24,27-28,31,36,38H,8-9,11-12,17-21H2,1-4H3,(H,34,39)/t23-,24+,27-,28-,31+/m0/s1. The molecule has 7 heteroatoms. The summed E-state index contributed by atoms with van der Waals surface area (Å²) >= 11 is 1.59. The predicted octanol–water partition coefficient (Wildman–Crippen LogP) is 5.84. The van der Waals surface area contributed by atoms with Crippen LogP contribution in [0.3, 0.4) is 0 Å². The fourth-order valence-electron chi connectivity index (χ4n) is 6.31. The number of aliphatic hydroxyl groups excluding tert-OH is 1. The molecule has 3 N–H and O–H groups in total. The molecular formula is C33H46N2O4S. The van der Waals surface area contributed by atoms with Crippen LogP contribution in [0.1, 0.15) is 75.2 Å².